The van der Waals surface area contributed by atoms with Crippen molar-refractivity contribution in [1.29, 1.82) is 0 Å². The zero-order valence-corrected chi connectivity index (χ0v) is 13.2. The van der Waals surface area contributed by atoms with Crippen LogP contribution >= 0.6 is 15.9 Å². The van der Waals surface area contributed by atoms with Crippen LogP contribution in [0.3, 0.4) is 0 Å². The standard InChI is InChI=1S/C14H12BrN5O2/c1-19-13-9(6-17-19)14(22)20(8-16-13)7-12(21)18-11-5-3-2-4-10(11)15/h2-6,8H,7H2,1H3,(H,18,21). The molecule has 0 aliphatic heterocycles. The van der Waals surface area contributed by atoms with Crippen molar-refractivity contribution >= 4 is 38.6 Å². The van der Waals surface area contributed by atoms with Crippen molar-refractivity contribution in [3.8, 4) is 0 Å². The number of nitrogens with one attached hydrogen (secondary N) is 1. The fourth-order valence-electron chi connectivity index (χ4n) is 2.09. The number of amides is 1. The average Bonchev–Trinajstić information content (AvgIpc) is 2.87. The van der Waals surface area contributed by atoms with E-state index in [0.717, 1.165) is 4.47 Å². The molecule has 112 valence electrons. The number of rotatable bonds is 3. The van der Waals surface area contributed by atoms with Crippen LogP contribution in [0.25, 0.3) is 11.0 Å². The molecule has 0 saturated carbocycles. The lowest BCUT2D eigenvalue weighted by Crippen LogP contribution is -2.27. The molecule has 22 heavy (non-hydrogen) atoms. The Morgan fingerprint density at radius 1 is 1.36 bits per heavy atom. The summed E-state index contributed by atoms with van der Waals surface area (Å²) in [7, 11) is 1.71. The maximum Gasteiger partial charge on any atom is 0.264 e. The number of carbonyl (C=O) groups is 1. The van der Waals surface area contributed by atoms with Crippen LogP contribution in [0.4, 0.5) is 5.69 Å². The number of nitrogens with zero attached hydrogens (tertiary/aromatic N) is 4. The van der Waals surface area contributed by atoms with Crippen molar-refractivity contribution in [2.24, 2.45) is 7.05 Å². The van der Waals surface area contributed by atoms with Gasteiger partial charge in [-0.05, 0) is 28.1 Å². The van der Waals surface area contributed by atoms with Crippen molar-refractivity contribution in [3.05, 3.63) is 51.6 Å². The van der Waals surface area contributed by atoms with Crippen LogP contribution in [0.1, 0.15) is 0 Å². The smallest absolute Gasteiger partial charge is 0.264 e. The minimum Gasteiger partial charge on any atom is -0.324 e. The monoisotopic (exact) mass is 361 g/mol. The van der Waals surface area contributed by atoms with Crippen LogP contribution in [0, 0.1) is 0 Å². The zero-order chi connectivity index (χ0) is 15.7. The van der Waals surface area contributed by atoms with Gasteiger partial charge < -0.3 is 5.32 Å². The number of hydrogen-bond donors (Lipinski definition) is 1. The molecule has 2 aromatic heterocycles. The Kier molecular flexibility index (Phi) is 3.76. The first-order valence-corrected chi connectivity index (χ1v) is 7.27. The lowest BCUT2D eigenvalue weighted by Gasteiger charge is -2.08. The Bertz CT molecular complexity index is 915. The van der Waals surface area contributed by atoms with Crippen molar-refractivity contribution in [3.63, 3.8) is 0 Å². The summed E-state index contributed by atoms with van der Waals surface area (Å²) in [6.07, 6.45) is 2.80. The van der Waals surface area contributed by atoms with E-state index in [9.17, 15) is 9.59 Å². The van der Waals surface area contributed by atoms with Gasteiger partial charge in [-0.1, -0.05) is 12.1 Å². The number of benzene rings is 1. The minimum atomic E-state index is -0.306. The zero-order valence-electron chi connectivity index (χ0n) is 11.7. The summed E-state index contributed by atoms with van der Waals surface area (Å²) < 4.78 is 3.55. The van der Waals surface area contributed by atoms with E-state index in [0.29, 0.717) is 16.7 Å². The molecular formula is C14H12BrN5O2. The van der Waals surface area contributed by atoms with Crippen LogP contribution in [0.15, 0.2) is 46.1 Å². The van der Waals surface area contributed by atoms with E-state index in [4.69, 9.17) is 0 Å². The number of carbonyl (C=O) groups excluding carboxylic acids is 1. The second kappa shape index (κ2) is 5.72. The van der Waals surface area contributed by atoms with E-state index in [1.165, 1.54) is 21.8 Å². The molecule has 2 heterocycles. The summed E-state index contributed by atoms with van der Waals surface area (Å²) in [6.45, 7) is -0.113. The van der Waals surface area contributed by atoms with Gasteiger partial charge in [0.2, 0.25) is 5.91 Å². The molecule has 0 bridgehead atoms. The van der Waals surface area contributed by atoms with Crippen molar-refractivity contribution in [2.45, 2.75) is 6.54 Å². The normalized spacial score (nSPS) is 10.8. The van der Waals surface area contributed by atoms with E-state index < -0.39 is 0 Å². The quantitative estimate of drug-likeness (QED) is 0.766. The predicted molar refractivity (Wildman–Crippen MR) is 85.5 cm³/mol. The highest BCUT2D eigenvalue weighted by molar-refractivity contribution is 9.10. The summed E-state index contributed by atoms with van der Waals surface area (Å²) in [5.41, 5.74) is 0.851. The molecule has 0 aliphatic rings. The number of aryl methyl sites for hydroxylation is 1. The third-order valence-corrected chi connectivity index (χ3v) is 3.87. The van der Waals surface area contributed by atoms with Gasteiger partial charge in [0, 0.05) is 11.5 Å². The van der Waals surface area contributed by atoms with Gasteiger partial charge in [-0.2, -0.15) is 5.10 Å². The van der Waals surface area contributed by atoms with E-state index in [1.54, 1.807) is 13.1 Å². The van der Waals surface area contributed by atoms with E-state index >= 15 is 0 Å². The lowest BCUT2D eigenvalue weighted by molar-refractivity contribution is -0.116. The third kappa shape index (κ3) is 2.64. The van der Waals surface area contributed by atoms with Crippen LogP contribution in [-0.2, 0) is 18.4 Å². The lowest BCUT2D eigenvalue weighted by atomic mass is 10.3. The molecule has 8 heteroatoms. The Morgan fingerprint density at radius 3 is 2.91 bits per heavy atom. The molecule has 7 nitrogen and oxygen atoms in total. The maximum absolute atomic E-state index is 12.3. The van der Waals surface area contributed by atoms with Crippen LogP contribution in [0.2, 0.25) is 0 Å². The van der Waals surface area contributed by atoms with Crippen LogP contribution < -0.4 is 10.9 Å². The summed E-state index contributed by atoms with van der Waals surface area (Å²) in [4.78, 5) is 28.5. The van der Waals surface area contributed by atoms with Gasteiger partial charge in [0.15, 0.2) is 5.65 Å². The van der Waals surface area contributed by atoms with Gasteiger partial charge in [0.1, 0.15) is 18.3 Å². The van der Waals surface area contributed by atoms with Gasteiger partial charge in [0.25, 0.3) is 5.56 Å². The molecule has 1 amide bonds. The van der Waals surface area contributed by atoms with Gasteiger partial charge in [-0.15, -0.1) is 0 Å². The maximum atomic E-state index is 12.3. The molecule has 0 aliphatic carbocycles. The van der Waals surface area contributed by atoms with Crippen molar-refractivity contribution in [1.82, 2.24) is 19.3 Å². The molecule has 0 fully saturated rings. The summed E-state index contributed by atoms with van der Waals surface area (Å²) in [5, 5.41) is 7.12. The number of hydrogen-bond acceptors (Lipinski definition) is 4. The van der Waals surface area contributed by atoms with Gasteiger partial charge in [-0.25, -0.2) is 4.98 Å². The number of fused-ring (bicyclic) bond motifs is 1. The number of halogens is 1. The fraction of sp³-hybridized carbons (Fsp3) is 0.143. The Hall–Kier alpha value is -2.48. The van der Waals surface area contributed by atoms with E-state index in [-0.39, 0.29) is 18.0 Å². The summed E-state index contributed by atoms with van der Waals surface area (Å²) >= 11 is 3.35. The first-order chi connectivity index (χ1) is 10.6. The highest BCUT2D eigenvalue weighted by atomic mass is 79.9. The minimum absolute atomic E-state index is 0.113. The largest absolute Gasteiger partial charge is 0.324 e. The predicted octanol–water partition coefficient (Wildman–Crippen LogP) is 1.53. The molecule has 3 rings (SSSR count). The van der Waals surface area contributed by atoms with Crippen LogP contribution in [-0.4, -0.2) is 25.2 Å². The molecule has 0 atom stereocenters. The average molecular weight is 362 g/mol. The van der Waals surface area contributed by atoms with E-state index in [2.05, 4.69) is 31.3 Å². The molecule has 0 radical (unpaired) electrons. The Morgan fingerprint density at radius 2 is 2.14 bits per heavy atom. The van der Waals surface area contributed by atoms with Gasteiger partial charge >= 0.3 is 0 Å². The fourth-order valence-corrected chi connectivity index (χ4v) is 2.47. The van der Waals surface area contributed by atoms with Crippen LogP contribution in [0.5, 0.6) is 0 Å². The molecule has 0 spiro atoms. The first-order valence-electron chi connectivity index (χ1n) is 6.48. The number of anilines is 1. The second-order valence-electron chi connectivity index (χ2n) is 4.71. The number of para-hydroxylation sites is 1. The number of aromatic nitrogens is 4. The van der Waals surface area contributed by atoms with Gasteiger partial charge in [-0.3, -0.25) is 18.8 Å². The second-order valence-corrected chi connectivity index (χ2v) is 5.57. The molecule has 0 saturated heterocycles. The topological polar surface area (TPSA) is 81.8 Å². The van der Waals surface area contributed by atoms with E-state index in [1.807, 2.05) is 18.2 Å². The molecule has 0 unspecified atom stereocenters. The van der Waals surface area contributed by atoms with Crippen molar-refractivity contribution < 1.29 is 4.79 Å². The Balaban J connectivity index is 1.84. The first kappa shape index (κ1) is 14.5. The van der Waals surface area contributed by atoms with Crippen molar-refractivity contribution in [2.75, 3.05) is 5.32 Å². The summed E-state index contributed by atoms with van der Waals surface area (Å²) in [6, 6.07) is 7.26. The summed E-state index contributed by atoms with van der Waals surface area (Å²) in [5.74, 6) is -0.306. The third-order valence-electron chi connectivity index (χ3n) is 3.18. The molecular weight excluding hydrogens is 350 g/mol. The highest BCUT2D eigenvalue weighted by Gasteiger charge is 2.11. The highest BCUT2D eigenvalue weighted by Crippen LogP contribution is 2.20. The molecule has 1 aromatic carbocycles. The Labute approximate surface area is 133 Å². The van der Waals surface area contributed by atoms with Gasteiger partial charge in [0.05, 0.1) is 11.9 Å². The molecule has 1 N–H and O–H groups in total. The molecule has 3 aromatic rings. The SMILES string of the molecule is Cn1ncc2c(=O)n(CC(=O)Nc3ccccc3Br)cnc21.